The van der Waals surface area contributed by atoms with E-state index in [4.69, 9.17) is 39.4 Å². The number of aliphatic hydroxyl groups excluding tert-OH is 1. The number of halogens is 1. The van der Waals surface area contributed by atoms with Crippen molar-refractivity contribution in [3.8, 4) is 0 Å². The van der Waals surface area contributed by atoms with Crippen LogP contribution in [0.3, 0.4) is 0 Å². The van der Waals surface area contributed by atoms with Crippen LogP contribution < -0.4 is 5.56 Å². The molecular formula is C22H23FN6O10P2S2. The van der Waals surface area contributed by atoms with Crippen molar-refractivity contribution in [2.45, 2.75) is 49.1 Å². The summed E-state index contributed by atoms with van der Waals surface area (Å²) in [5, 5.41) is 11.1. The van der Waals surface area contributed by atoms with Crippen LogP contribution in [0.2, 0.25) is 0 Å². The number of aromatic nitrogens is 6. The first-order valence-corrected chi connectivity index (χ1v) is 18.1. The zero-order chi connectivity index (χ0) is 30.1. The lowest BCUT2D eigenvalue weighted by Crippen LogP contribution is -2.35. The number of alkyl halides is 1. The third-order valence-electron chi connectivity index (χ3n) is 7.29. The maximum absolute atomic E-state index is 15.9. The summed E-state index contributed by atoms with van der Waals surface area (Å²) in [6.07, 6.45) is -7.63. The summed E-state index contributed by atoms with van der Waals surface area (Å²) in [6.45, 7) is -9.61. The molecule has 3 aliphatic rings. The van der Waals surface area contributed by atoms with Gasteiger partial charge in [0.15, 0.2) is 29.8 Å². The van der Waals surface area contributed by atoms with Crippen LogP contribution in [-0.2, 0) is 43.9 Å². The lowest BCUT2D eigenvalue weighted by molar-refractivity contribution is -0.0586. The molecule has 6 heterocycles. The van der Waals surface area contributed by atoms with Gasteiger partial charge < -0.3 is 33.5 Å². The highest BCUT2D eigenvalue weighted by Crippen LogP contribution is 2.58. The van der Waals surface area contributed by atoms with Gasteiger partial charge in [0.1, 0.15) is 30.5 Å². The standard InChI is InChI=1S/C22H23FN6O10P2S2/c23-14-17-13(37-21(14)29-9-27-15-19(29)24-7-25-20(15)31)6-35-41(33,43)39-18-16(30)12(5-34-40(32,42)38-17)36-22(18)28-8-26-10-3-1-2-4-11(10)28/h1-4,7-9,12-14,16-18,21-22,30H,5-6H2,(H,32,42)(H,33,43)(H,24,25,31)/t12-,13-,14+,16+,17?,18?,21-,22-,40?,41?/m1/s1. The lowest BCUT2D eigenvalue weighted by atomic mass is 10.1. The average molecular weight is 677 g/mol. The topological polar surface area (TPSA) is 194 Å². The molecular weight excluding hydrogens is 653 g/mol. The number of fused-ring (bicyclic) bond motifs is 5. The molecule has 0 spiro atoms. The van der Waals surface area contributed by atoms with Crippen molar-refractivity contribution in [2.24, 2.45) is 0 Å². The molecule has 3 N–H and O–H groups in total. The number of H-pyrrole nitrogens is 1. The smallest absolute Gasteiger partial charge is 0.386 e. The molecule has 1 aromatic carbocycles. The number of benzene rings is 1. The number of ether oxygens (including phenoxy) is 2. The molecule has 0 aliphatic carbocycles. The second-order valence-corrected chi connectivity index (χ2v) is 15.6. The Balaban J connectivity index is 1.20. The van der Waals surface area contributed by atoms with Gasteiger partial charge in [0.2, 0.25) is 0 Å². The number of rotatable bonds is 2. The van der Waals surface area contributed by atoms with Crippen molar-refractivity contribution in [1.82, 2.24) is 29.1 Å². The first-order valence-electron chi connectivity index (χ1n) is 12.8. The fourth-order valence-electron chi connectivity index (χ4n) is 5.31. The first-order chi connectivity index (χ1) is 20.5. The van der Waals surface area contributed by atoms with E-state index in [1.165, 1.54) is 10.9 Å². The first kappa shape index (κ1) is 29.6. The zero-order valence-electron chi connectivity index (χ0n) is 21.6. The van der Waals surface area contributed by atoms with Crippen LogP contribution in [0, 0.1) is 0 Å². The molecule has 0 saturated carbocycles. The summed E-state index contributed by atoms with van der Waals surface area (Å²) in [6, 6.07) is 7.13. The fraction of sp³-hybridized carbons (Fsp3) is 0.455. The van der Waals surface area contributed by atoms with Crippen molar-refractivity contribution in [3.05, 3.63) is 53.6 Å². The molecule has 21 heteroatoms. The van der Waals surface area contributed by atoms with Crippen LogP contribution in [0.4, 0.5) is 4.39 Å². The summed E-state index contributed by atoms with van der Waals surface area (Å²) in [5.74, 6) is 0. The number of nitrogens with zero attached hydrogens (tertiary/aromatic N) is 5. The number of para-hydroxylation sites is 2. The normalized spacial score (nSPS) is 38.9. The minimum absolute atomic E-state index is 0.0211. The highest BCUT2D eigenvalue weighted by Gasteiger charge is 2.53. The van der Waals surface area contributed by atoms with Gasteiger partial charge in [0.25, 0.3) is 5.56 Å². The van der Waals surface area contributed by atoms with Crippen molar-refractivity contribution >= 4 is 59.8 Å². The molecule has 16 nitrogen and oxygen atoms in total. The predicted octanol–water partition coefficient (Wildman–Crippen LogP) is 1.74. The minimum Gasteiger partial charge on any atom is -0.387 e. The third-order valence-corrected chi connectivity index (χ3v) is 10.5. The van der Waals surface area contributed by atoms with Crippen LogP contribution in [0.25, 0.3) is 22.2 Å². The molecule has 2 bridgehead atoms. The Morgan fingerprint density at radius 3 is 2.60 bits per heavy atom. The highest BCUT2D eigenvalue weighted by molar-refractivity contribution is 8.44. The molecule has 3 fully saturated rings. The van der Waals surface area contributed by atoms with Gasteiger partial charge in [-0.25, -0.2) is 23.9 Å². The summed E-state index contributed by atoms with van der Waals surface area (Å²) < 4.78 is 66.2. The SMILES string of the molecule is O=c1[nH]cnc2c1ncn2[C@@H]1O[C@@H]2COP(O)(=S)OC3[C@@H](O)[C@@H](COP(=O)(S)OC2[C@@H]1F)O[C@H]3n1cnc2ccccc21. The van der Waals surface area contributed by atoms with E-state index < -0.39 is 81.4 Å². The van der Waals surface area contributed by atoms with E-state index >= 15 is 4.39 Å². The van der Waals surface area contributed by atoms with Gasteiger partial charge in [-0.3, -0.25) is 22.9 Å². The Kier molecular flexibility index (Phi) is 7.60. The van der Waals surface area contributed by atoms with Crippen molar-refractivity contribution in [3.63, 3.8) is 0 Å². The second kappa shape index (κ2) is 11.0. The number of thiol groups is 1. The molecule has 10 atom stereocenters. The van der Waals surface area contributed by atoms with E-state index in [9.17, 15) is 19.4 Å². The van der Waals surface area contributed by atoms with Gasteiger partial charge in [-0.15, -0.1) is 0 Å². The average Bonchev–Trinajstić information content (AvgIpc) is 3.72. The zero-order valence-corrected chi connectivity index (χ0v) is 25.1. The summed E-state index contributed by atoms with van der Waals surface area (Å²) in [4.78, 5) is 37.9. The Morgan fingerprint density at radius 1 is 1.02 bits per heavy atom. The van der Waals surface area contributed by atoms with E-state index in [0.29, 0.717) is 11.0 Å². The summed E-state index contributed by atoms with van der Waals surface area (Å²) >= 11 is 9.27. The Hall–Kier alpha value is -2.12. The van der Waals surface area contributed by atoms with Crippen LogP contribution in [-0.4, -0.2) is 89.0 Å². The van der Waals surface area contributed by atoms with E-state index in [1.54, 1.807) is 28.8 Å². The molecule has 3 saturated heterocycles. The maximum Gasteiger partial charge on any atom is 0.386 e. The molecule has 43 heavy (non-hydrogen) atoms. The largest absolute Gasteiger partial charge is 0.387 e. The molecule has 0 radical (unpaired) electrons. The van der Waals surface area contributed by atoms with E-state index in [0.717, 1.165) is 12.7 Å². The fourth-order valence-corrected chi connectivity index (χ4v) is 8.20. The molecule has 4 aromatic rings. The summed E-state index contributed by atoms with van der Waals surface area (Å²) in [7, 11) is 0. The monoisotopic (exact) mass is 676 g/mol. The van der Waals surface area contributed by atoms with Gasteiger partial charge >= 0.3 is 13.5 Å². The third kappa shape index (κ3) is 5.41. The number of hydrogen-bond acceptors (Lipinski definition) is 13. The van der Waals surface area contributed by atoms with Crippen molar-refractivity contribution < 1.29 is 46.5 Å². The number of aliphatic hydroxyl groups is 1. The maximum atomic E-state index is 15.9. The molecule has 0 amide bonds. The molecule has 7 rings (SSSR count). The molecule has 3 aromatic heterocycles. The van der Waals surface area contributed by atoms with E-state index in [2.05, 4.69) is 32.2 Å². The van der Waals surface area contributed by atoms with Crippen LogP contribution in [0.5, 0.6) is 0 Å². The second-order valence-electron chi connectivity index (χ2n) is 9.93. The lowest BCUT2D eigenvalue weighted by Gasteiger charge is -2.27. The van der Waals surface area contributed by atoms with Crippen LogP contribution >= 0.6 is 25.8 Å². The molecule has 4 unspecified atom stereocenters. The number of hydrogen-bond donors (Lipinski definition) is 4. The Morgan fingerprint density at radius 2 is 1.77 bits per heavy atom. The van der Waals surface area contributed by atoms with Gasteiger partial charge in [-0.1, -0.05) is 24.4 Å². The quantitative estimate of drug-likeness (QED) is 0.177. The van der Waals surface area contributed by atoms with Crippen molar-refractivity contribution in [1.29, 1.82) is 0 Å². The van der Waals surface area contributed by atoms with Gasteiger partial charge in [0.05, 0.1) is 43.2 Å². The molecule has 3 aliphatic heterocycles. The highest BCUT2D eigenvalue weighted by atomic mass is 32.7. The van der Waals surface area contributed by atoms with Gasteiger partial charge in [-0.05, 0) is 23.9 Å². The number of nitrogens with one attached hydrogen (secondary N) is 1. The molecule has 230 valence electrons. The Bertz CT molecular complexity index is 1840. The minimum atomic E-state index is -4.34. The number of imidazole rings is 2. The number of aromatic amines is 1. The van der Waals surface area contributed by atoms with Crippen molar-refractivity contribution in [2.75, 3.05) is 13.2 Å². The van der Waals surface area contributed by atoms with Crippen LogP contribution in [0.15, 0.2) is 48.0 Å². The van der Waals surface area contributed by atoms with E-state index in [1.807, 2.05) is 0 Å². The van der Waals surface area contributed by atoms with Gasteiger partial charge in [-0.2, -0.15) is 0 Å². The van der Waals surface area contributed by atoms with Crippen LogP contribution in [0.1, 0.15) is 12.5 Å². The Labute approximate surface area is 251 Å². The van der Waals surface area contributed by atoms with E-state index in [-0.39, 0.29) is 11.2 Å². The predicted molar refractivity (Wildman–Crippen MR) is 151 cm³/mol. The van der Waals surface area contributed by atoms with Gasteiger partial charge in [0, 0.05) is 0 Å². The summed E-state index contributed by atoms with van der Waals surface area (Å²) in [5.41, 5.74) is 0.678.